The summed E-state index contributed by atoms with van der Waals surface area (Å²) in [6, 6.07) is 9.06. The van der Waals surface area contributed by atoms with Gasteiger partial charge in [-0.2, -0.15) is 5.10 Å². The van der Waals surface area contributed by atoms with Gasteiger partial charge in [-0.15, -0.1) is 0 Å². The average molecular weight is 336 g/mol. The van der Waals surface area contributed by atoms with Crippen molar-refractivity contribution in [1.82, 2.24) is 14.7 Å². The van der Waals surface area contributed by atoms with Crippen LogP contribution < -0.4 is 0 Å². The predicted octanol–water partition coefficient (Wildman–Crippen LogP) is 3.07. The van der Waals surface area contributed by atoms with Gasteiger partial charge in [-0.1, -0.05) is 17.7 Å². The minimum Gasteiger partial charge on any atom is -0.389 e. The molecule has 0 saturated heterocycles. The smallest absolute Gasteiger partial charge is 0.274 e. The van der Waals surface area contributed by atoms with E-state index in [1.807, 2.05) is 26.0 Å². The first kappa shape index (κ1) is 17.5. The Morgan fingerprint density at radius 3 is 2.65 bits per heavy atom. The largest absolute Gasteiger partial charge is 0.389 e. The van der Waals surface area contributed by atoms with Crippen molar-refractivity contribution in [3.05, 3.63) is 46.7 Å². The number of halogens is 1. The molecule has 1 N–H and O–H groups in total. The van der Waals surface area contributed by atoms with E-state index in [2.05, 4.69) is 5.10 Å². The third-order valence-electron chi connectivity index (χ3n) is 3.41. The van der Waals surface area contributed by atoms with Crippen molar-refractivity contribution in [2.75, 3.05) is 13.1 Å². The van der Waals surface area contributed by atoms with E-state index >= 15 is 0 Å². The van der Waals surface area contributed by atoms with Crippen LogP contribution in [-0.2, 0) is 0 Å². The van der Waals surface area contributed by atoms with Gasteiger partial charge in [-0.3, -0.25) is 4.79 Å². The number of aromatic nitrogens is 2. The number of nitrogens with zero attached hydrogens (tertiary/aromatic N) is 3. The summed E-state index contributed by atoms with van der Waals surface area (Å²) in [4.78, 5) is 14.2. The van der Waals surface area contributed by atoms with E-state index in [1.165, 1.54) is 0 Å². The Kier molecular flexibility index (Phi) is 5.12. The van der Waals surface area contributed by atoms with Crippen molar-refractivity contribution in [2.24, 2.45) is 0 Å². The van der Waals surface area contributed by atoms with Crippen LogP contribution in [0.25, 0.3) is 5.69 Å². The lowest BCUT2D eigenvalue weighted by atomic mass is 10.1. The minimum absolute atomic E-state index is 0.196. The highest BCUT2D eigenvalue weighted by molar-refractivity contribution is 6.30. The summed E-state index contributed by atoms with van der Waals surface area (Å²) in [5.41, 5.74) is 1.05. The van der Waals surface area contributed by atoms with Crippen LogP contribution in [0.5, 0.6) is 0 Å². The lowest BCUT2D eigenvalue weighted by Crippen LogP contribution is -2.42. The van der Waals surface area contributed by atoms with Crippen LogP contribution in [0, 0.1) is 6.92 Å². The number of hydrogen-bond donors (Lipinski definition) is 1. The quantitative estimate of drug-likeness (QED) is 0.913. The Morgan fingerprint density at radius 1 is 1.39 bits per heavy atom. The number of amides is 1. The highest BCUT2D eigenvalue weighted by Crippen LogP contribution is 2.18. The number of likely N-dealkylation sites (N-methyl/N-ethyl adjacent to an activating group) is 1. The lowest BCUT2D eigenvalue weighted by Gasteiger charge is -2.27. The molecular formula is C17H22ClN3O2. The highest BCUT2D eigenvalue weighted by atomic mass is 35.5. The van der Waals surface area contributed by atoms with Crippen LogP contribution in [0.15, 0.2) is 30.3 Å². The SMILES string of the molecule is CCN(CC(C)(C)O)C(=O)c1cc(C)n(-c2cccc(Cl)c2)n1. The second kappa shape index (κ2) is 6.72. The molecule has 2 aromatic rings. The van der Waals surface area contributed by atoms with Gasteiger partial charge >= 0.3 is 0 Å². The zero-order valence-corrected chi connectivity index (χ0v) is 14.6. The van der Waals surface area contributed by atoms with Crippen molar-refractivity contribution in [3.8, 4) is 5.69 Å². The van der Waals surface area contributed by atoms with Crippen molar-refractivity contribution >= 4 is 17.5 Å². The van der Waals surface area contributed by atoms with Crippen LogP contribution in [0.2, 0.25) is 5.02 Å². The Morgan fingerprint density at radius 2 is 2.09 bits per heavy atom. The molecule has 0 aliphatic carbocycles. The second-order valence-corrected chi connectivity index (χ2v) is 6.63. The first-order valence-electron chi connectivity index (χ1n) is 7.55. The van der Waals surface area contributed by atoms with Gasteiger partial charge < -0.3 is 10.0 Å². The van der Waals surface area contributed by atoms with Gasteiger partial charge in [0.25, 0.3) is 5.91 Å². The van der Waals surface area contributed by atoms with Crippen molar-refractivity contribution in [1.29, 1.82) is 0 Å². The van der Waals surface area contributed by atoms with Gasteiger partial charge in [0, 0.05) is 23.8 Å². The Hall–Kier alpha value is -1.85. The minimum atomic E-state index is -0.948. The molecule has 0 fully saturated rings. The summed E-state index contributed by atoms with van der Waals surface area (Å²) < 4.78 is 1.69. The van der Waals surface area contributed by atoms with Gasteiger partial charge in [0.2, 0.25) is 0 Å². The fraction of sp³-hybridized carbons (Fsp3) is 0.412. The van der Waals surface area contributed by atoms with Crippen LogP contribution in [-0.4, -0.2) is 44.4 Å². The molecule has 0 spiro atoms. The summed E-state index contributed by atoms with van der Waals surface area (Å²) in [6.45, 7) is 7.89. The molecule has 0 aliphatic rings. The zero-order valence-electron chi connectivity index (χ0n) is 13.9. The van der Waals surface area contributed by atoms with E-state index in [4.69, 9.17) is 11.6 Å². The molecule has 2 rings (SSSR count). The molecule has 0 aliphatic heterocycles. The molecule has 1 heterocycles. The van der Waals surface area contributed by atoms with E-state index in [0.29, 0.717) is 17.3 Å². The number of carbonyl (C=O) groups excluding carboxylic acids is 1. The maximum Gasteiger partial charge on any atom is 0.274 e. The molecule has 0 unspecified atom stereocenters. The van der Waals surface area contributed by atoms with E-state index in [0.717, 1.165) is 11.4 Å². The number of aryl methyl sites for hydroxylation is 1. The van der Waals surface area contributed by atoms with Gasteiger partial charge in [0.15, 0.2) is 5.69 Å². The number of aliphatic hydroxyl groups is 1. The fourth-order valence-corrected chi connectivity index (χ4v) is 2.59. The monoisotopic (exact) mass is 335 g/mol. The van der Waals surface area contributed by atoms with Gasteiger partial charge in [0.05, 0.1) is 11.3 Å². The van der Waals surface area contributed by atoms with Gasteiger partial charge in [-0.25, -0.2) is 4.68 Å². The Bertz CT molecular complexity index is 704. The predicted molar refractivity (Wildman–Crippen MR) is 91.2 cm³/mol. The molecule has 23 heavy (non-hydrogen) atoms. The number of rotatable bonds is 5. The summed E-state index contributed by atoms with van der Waals surface area (Å²) >= 11 is 6.02. The molecule has 124 valence electrons. The second-order valence-electron chi connectivity index (χ2n) is 6.19. The lowest BCUT2D eigenvalue weighted by molar-refractivity contribution is 0.0311. The van der Waals surface area contributed by atoms with Crippen molar-refractivity contribution in [3.63, 3.8) is 0 Å². The van der Waals surface area contributed by atoms with Gasteiger partial charge in [-0.05, 0) is 52.0 Å². The fourth-order valence-electron chi connectivity index (χ4n) is 2.40. The first-order valence-corrected chi connectivity index (χ1v) is 7.93. The maximum absolute atomic E-state index is 12.6. The molecule has 1 amide bonds. The van der Waals surface area contributed by atoms with Crippen molar-refractivity contribution in [2.45, 2.75) is 33.3 Å². The molecule has 5 nitrogen and oxygen atoms in total. The third kappa shape index (κ3) is 4.33. The van der Waals surface area contributed by atoms with E-state index in [1.54, 1.807) is 41.6 Å². The summed E-state index contributed by atoms with van der Waals surface area (Å²) in [6.07, 6.45) is 0. The number of benzene rings is 1. The van der Waals surface area contributed by atoms with Crippen LogP contribution in [0.3, 0.4) is 0 Å². The van der Waals surface area contributed by atoms with Crippen LogP contribution in [0.4, 0.5) is 0 Å². The molecule has 1 aromatic heterocycles. The number of carbonyl (C=O) groups is 1. The molecule has 1 aromatic carbocycles. The van der Waals surface area contributed by atoms with Crippen LogP contribution >= 0.6 is 11.6 Å². The van der Waals surface area contributed by atoms with Crippen LogP contribution in [0.1, 0.15) is 37.0 Å². The summed E-state index contributed by atoms with van der Waals surface area (Å²) in [5, 5.41) is 15.0. The van der Waals surface area contributed by atoms with Crippen molar-refractivity contribution < 1.29 is 9.90 Å². The standard InChI is InChI=1S/C17H22ClN3O2/c1-5-20(11-17(3,4)23)16(22)15-9-12(2)21(19-15)14-8-6-7-13(18)10-14/h6-10,23H,5,11H2,1-4H3. The molecule has 0 radical (unpaired) electrons. The Balaban J connectivity index is 2.31. The highest BCUT2D eigenvalue weighted by Gasteiger charge is 2.24. The number of hydrogen-bond acceptors (Lipinski definition) is 3. The summed E-state index contributed by atoms with van der Waals surface area (Å²) in [7, 11) is 0. The van der Waals surface area contributed by atoms with E-state index in [-0.39, 0.29) is 12.5 Å². The van der Waals surface area contributed by atoms with E-state index in [9.17, 15) is 9.90 Å². The normalized spacial score (nSPS) is 11.6. The maximum atomic E-state index is 12.6. The topological polar surface area (TPSA) is 58.4 Å². The van der Waals surface area contributed by atoms with Gasteiger partial charge in [0.1, 0.15) is 0 Å². The average Bonchev–Trinajstić information content (AvgIpc) is 2.85. The zero-order chi connectivity index (χ0) is 17.2. The molecule has 0 atom stereocenters. The molecule has 0 bridgehead atoms. The first-order chi connectivity index (χ1) is 10.7. The molecule has 6 heteroatoms. The Labute approximate surface area is 141 Å². The third-order valence-corrected chi connectivity index (χ3v) is 3.64. The van der Waals surface area contributed by atoms with E-state index < -0.39 is 5.60 Å². The molecule has 0 saturated carbocycles. The summed E-state index contributed by atoms with van der Waals surface area (Å²) in [5.74, 6) is -0.196. The molecular weight excluding hydrogens is 314 g/mol.